The van der Waals surface area contributed by atoms with Gasteiger partial charge in [0.2, 0.25) is 10.0 Å². The number of hydrogen-bond acceptors (Lipinski definition) is 5. The van der Waals surface area contributed by atoms with E-state index in [2.05, 4.69) is 4.72 Å². The highest BCUT2D eigenvalue weighted by Gasteiger charge is 2.41. The molecule has 1 fully saturated rings. The molecule has 0 spiro atoms. The molecule has 1 aliphatic carbocycles. The van der Waals surface area contributed by atoms with E-state index in [1.54, 1.807) is 6.92 Å². The van der Waals surface area contributed by atoms with Crippen LogP contribution in [0.1, 0.15) is 30.1 Å². The predicted octanol–water partition coefficient (Wildman–Crippen LogP) is 1.23. The lowest BCUT2D eigenvalue weighted by Crippen LogP contribution is -2.34. The van der Waals surface area contributed by atoms with E-state index in [4.69, 9.17) is 9.47 Å². The Balaban J connectivity index is 2.54. The molecular formula is C13H17NO6S. The zero-order valence-corrected chi connectivity index (χ0v) is 12.8. The van der Waals surface area contributed by atoms with Crippen LogP contribution in [0.4, 0.5) is 0 Å². The first kappa shape index (κ1) is 15.6. The summed E-state index contributed by atoms with van der Waals surface area (Å²) in [4.78, 5) is 11.1. The standard InChI is InChI=1S/C13H17NO6S/c1-13(4-5-13)14-21(17,18)8-6-9(12(15)16)11(20-3)10(7-8)19-2/h6-7,14H,4-5H2,1-3H3,(H,15,16). The number of hydrogen-bond donors (Lipinski definition) is 2. The Morgan fingerprint density at radius 2 is 1.90 bits per heavy atom. The van der Waals surface area contributed by atoms with Crippen molar-refractivity contribution >= 4 is 16.0 Å². The molecule has 0 atom stereocenters. The fraction of sp³-hybridized carbons (Fsp3) is 0.462. The molecule has 0 saturated heterocycles. The van der Waals surface area contributed by atoms with Crippen molar-refractivity contribution in [2.24, 2.45) is 0 Å². The third-order valence-corrected chi connectivity index (χ3v) is 4.99. The number of nitrogens with one attached hydrogen (secondary N) is 1. The topological polar surface area (TPSA) is 102 Å². The molecule has 0 heterocycles. The quantitative estimate of drug-likeness (QED) is 0.818. The molecule has 0 aliphatic heterocycles. The number of ether oxygens (including phenoxy) is 2. The summed E-state index contributed by atoms with van der Waals surface area (Å²) in [6.45, 7) is 1.80. The highest BCUT2D eigenvalue weighted by molar-refractivity contribution is 7.89. The minimum absolute atomic E-state index is 0.0124. The predicted molar refractivity (Wildman–Crippen MR) is 74.5 cm³/mol. The lowest BCUT2D eigenvalue weighted by Gasteiger charge is -2.15. The van der Waals surface area contributed by atoms with Crippen molar-refractivity contribution in [1.29, 1.82) is 0 Å². The van der Waals surface area contributed by atoms with E-state index >= 15 is 0 Å². The lowest BCUT2D eigenvalue weighted by molar-refractivity contribution is 0.0692. The average molecular weight is 315 g/mol. The van der Waals surface area contributed by atoms with Gasteiger partial charge in [-0.25, -0.2) is 17.9 Å². The fourth-order valence-corrected chi connectivity index (χ4v) is 3.43. The normalized spacial score (nSPS) is 16.3. The van der Waals surface area contributed by atoms with E-state index in [1.165, 1.54) is 20.3 Å². The number of carboxylic acid groups (broad SMARTS) is 1. The van der Waals surface area contributed by atoms with Gasteiger partial charge in [-0.15, -0.1) is 0 Å². The van der Waals surface area contributed by atoms with Crippen LogP contribution in [-0.2, 0) is 10.0 Å². The smallest absolute Gasteiger partial charge is 0.339 e. The molecule has 2 rings (SSSR count). The zero-order valence-electron chi connectivity index (χ0n) is 12.0. The molecule has 0 aromatic heterocycles. The van der Waals surface area contributed by atoms with Gasteiger partial charge in [-0.2, -0.15) is 0 Å². The van der Waals surface area contributed by atoms with Gasteiger partial charge in [0.15, 0.2) is 11.5 Å². The van der Waals surface area contributed by atoms with Crippen LogP contribution in [0.5, 0.6) is 11.5 Å². The van der Waals surface area contributed by atoms with Crippen molar-refractivity contribution in [3.05, 3.63) is 17.7 Å². The summed E-state index contributed by atoms with van der Waals surface area (Å²) in [6, 6.07) is 2.32. The van der Waals surface area contributed by atoms with Gasteiger partial charge < -0.3 is 14.6 Å². The first-order chi connectivity index (χ1) is 9.72. The van der Waals surface area contributed by atoms with Crippen molar-refractivity contribution in [3.8, 4) is 11.5 Å². The third kappa shape index (κ3) is 3.11. The Morgan fingerprint density at radius 3 is 2.33 bits per heavy atom. The minimum atomic E-state index is -3.82. The van der Waals surface area contributed by atoms with Crippen LogP contribution in [-0.4, -0.2) is 39.3 Å². The van der Waals surface area contributed by atoms with Crippen molar-refractivity contribution in [1.82, 2.24) is 4.72 Å². The molecule has 1 aromatic rings. The van der Waals surface area contributed by atoms with E-state index < -0.39 is 21.5 Å². The maximum atomic E-state index is 12.3. The monoisotopic (exact) mass is 315 g/mol. The summed E-state index contributed by atoms with van der Waals surface area (Å²) in [5, 5.41) is 9.20. The van der Waals surface area contributed by atoms with Crippen LogP contribution in [0.3, 0.4) is 0 Å². The van der Waals surface area contributed by atoms with Crippen molar-refractivity contribution < 1.29 is 27.8 Å². The van der Waals surface area contributed by atoms with Crippen LogP contribution >= 0.6 is 0 Å². The summed E-state index contributed by atoms with van der Waals surface area (Å²) in [7, 11) is -1.21. The molecule has 1 aliphatic rings. The molecule has 21 heavy (non-hydrogen) atoms. The molecular weight excluding hydrogens is 298 g/mol. The van der Waals surface area contributed by atoms with Crippen LogP contribution in [0.25, 0.3) is 0 Å². The third-order valence-electron chi connectivity index (χ3n) is 3.37. The van der Waals surface area contributed by atoms with E-state index in [0.29, 0.717) is 0 Å². The van der Waals surface area contributed by atoms with E-state index in [-0.39, 0.29) is 22.0 Å². The number of sulfonamides is 1. The van der Waals surface area contributed by atoms with Gasteiger partial charge in [-0.1, -0.05) is 0 Å². The first-order valence-corrected chi connectivity index (χ1v) is 7.74. The van der Waals surface area contributed by atoms with Crippen LogP contribution in [0, 0.1) is 0 Å². The summed E-state index contributed by atoms with van der Waals surface area (Å²) < 4.78 is 37.2. The van der Waals surface area contributed by atoms with Gasteiger partial charge in [0.25, 0.3) is 0 Å². The molecule has 0 amide bonds. The van der Waals surface area contributed by atoms with Gasteiger partial charge in [0.05, 0.1) is 19.1 Å². The number of carbonyl (C=O) groups is 1. The molecule has 7 nitrogen and oxygen atoms in total. The number of rotatable bonds is 6. The molecule has 2 N–H and O–H groups in total. The summed E-state index contributed by atoms with van der Waals surface area (Å²) in [6.07, 6.45) is 1.51. The summed E-state index contributed by atoms with van der Waals surface area (Å²) >= 11 is 0. The Hall–Kier alpha value is -1.80. The van der Waals surface area contributed by atoms with Gasteiger partial charge in [-0.3, -0.25) is 0 Å². The summed E-state index contributed by atoms with van der Waals surface area (Å²) in [5.41, 5.74) is -0.715. The summed E-state index contributed by atoms with van der Waals surface area (Å²) in [5.74, 6) is -1.25. The number of methoxy groups -OCH3 is 2. The Labute approximate surface area is 122 Å². The largest absolute Gasteiger partial charge is 0.493 e. The Kier molecular flexibility index (Phi) is 3.85. The van der Waals surface area contributed by atoms with Crippen molar-refractivity contribution in [2.75, 3.05) is 14.2 Å². The maximum absolute atomic E-state index is 12.3. The van der Waals surface area contributed by atoms with Crippen molar-refractivity contribution in [2.45, 2.75) is 30.2 Å². The highest BCUT2D eigenvalue weighted by atomic mass is 32.2. The van der Waals surface area contributed by atoms with Gasteiger partial charge in [-0.05, 0) is 25.8 Å². The average Bonchev–Trinajstić information content (AvgIpc) is 3.13. The van der Waals surface area contributed by atoms with E-state index in [9.17, 15) is 18.3 Å². The van der Waals surface area contributed by atoms with E-state index in [1.807, 2.05) is 0 Å². The molecule has 116 valence electrons. The van der Waals surface area contributed by atoms with Crippen LogP contribution in [0.2, 0.25) is 0 Å². The second-order valence-electron chi connectivity index (χ2n) is 5.18. The SMILES string of the molecule is COc1cc(S(=O)(=O)NC2(C)CC2)cc(C(=O)O)c1OC. The molecule has 1 saturated carbocycles. The van der Waals surface area contributed by atoms with Gasteiger partial charge in [0.1, 0.15) is 5.56 Å². The van der Waals surface area contributed by atoms with Gasteiger partial charge in [0, 0.05) is 11.6 Å². The minimum Gasteiger partial charge on any atom is -0.493 e. The highest BCUT2D eigenvalue weighted by Crippen LogP contribution is 2.38. The lowest BCUT2D eigenvalue weighted by atomic mass is 10.2. The second kappa shape index (κ2) is 5.19. The molecule has 1 aromatic carbocycles. The van der Waals surface area contributed by atoms with E-state index in [0.717, 1.165) is 18.9 Å². The van der Waals surface area contributed by atoms with Crippen LogP contribution in [0.15, 0.2) is 17.0 Å². The molecule has 8 heteroatoms. The Morgan fingerprint density at radius 1 is 1.29 bits per heavy atom. The number of benzene rings is 1. The zero-order chi connectivity index (χ0) is 15.8. The maximum Gasteiger partial charge on any atom is 0.339 e. The van der Waals surface area contributed by atoms with Crippen LogP contribution < -0.4 is 14.2 Å². The molecule has 0 unspecified atom stereocenters. The second-order valence-corrected chi connectivity index (χ2v) is 6.86. The Bertz CT molecular complexity index is 678. The number of aromatic carboxylic acids is 1. The van der Waals surface area contributed by atoms with Gasteiger partial charge >= 0.3 is 5.97 Å². The van der Waals surface area contributed by atoms with Crippen molar-refractivity contribution in [3.63, 3.8) is 0 Å². The number of carboxylic acids is 1. The fourth-order valence-electron chi connectivity index (χ4n) is 1.93. The first-order valence-electron chi connectivity index (χ1n) is 6.26. The molecule has 0 bridgehead atoms. The molecule has 0 radical (unpaired) electrons.